The molecule has 2 aromatic rings. The molecule has 1 aliphatic rings. The molecule has 0 saturated carbocycles. The molecule has 1 saturated heterocycles. The first kappa shape index (κ1) is 13.5. The van der Waals surface area contributed by atoms with Crippen molar-refractivity contribution in [3.63, 3.8) is 0 Å². The normalized spacial score (nSPS) is 16.8. The summed E-state index contributed by atoms with van der Waals surface area (Å²) in [6.45, 7) is 1.87. The van der Waals surface area contributed by atoms with Crippen molar-refractivity contribution < 1.29 is 14.2 Å². The molecule has 3 nitrogen and oxygen atoms in total. The third kappa shape index (κ3) is 3.52. The predicted octanol–water partition coefficient (Wildman–Crippen LogP) is 3.81. The van der Waals surface area contributed by atoms with Gasteiger partial charge in [-0.15, -0.1) is 0 Å². The maximum Gasteiger partial charge on any atom is 0.175 e. The minimum atomic E-state index is 0.232. The van der Waals surface area contributed by atoms with E-state index in [-0.39, 0.29) is 6.10 Å². The fourth-order valence-corrected chi connectivity index (χ4v) is 2.28. The third-order valence-corrected chi connectivity index (χ3v) is 3.61. The lowest BCUT2D eigenvalue weighted by molar-refractivity contribution is 0.237. The molecule has 104 valence electrons. The van der Waals surface area contributed by atoms with Gasteiger partial charge >= 0.3 is 0 Å². The van der Waals surface area contributed by atoms with Gasteiger partial charge in [0, 0.05) is 0 Å². The van der Waals surface area contributed by atoms with E-state index in [0.717, 1.165) is 28.1 Å². The summed E-state index contributed by atoms with van der Waals surface area (Å²) in [6.07, 6.45) is 0.232. The maximum absolute atomic E-state index is 5.89. The van der Waals surface area contributed by atoms with E-state index in [0.29, 0.717) is 13.2 Å². The van der Waals surface area contributed by atoms with Crippen molar-refractivity contribution in [1.82, 2.24) is 0 Å². The average Bonchev–Trinajstić information content (AvgIpc) is 3.29. The van der Waals surface area contributed by atoms with E-state index in [1.807, 2.05) is 48.5 Å². The Morgan fingerprint density at radius 2 is 1.85 bits per heavy atom. The summed E-state index contributed by atoms with van der Waals surface area (Å²) in [7, 11) is 0. The molecule has 0 aromatic heterocycles. The van der Waals surface area contributed by atoms with Gasteiger partial charge in [0.1, 0.15) is 19.3 Å². The zero-order chi connectivity index (χ0) is 13.8. The number of para-hydroxylation sites is 1. The molecule has 0 unspecified atom stereocenters. The largest absolute Gasteiger partial charge is 0.487 e. The Balaban J connectivity index is 1.69. The molecule has 1 fully saturated rings. The average molecular weight is 335 g/mol. The predicted molar refractivity (Wildman–Crippen MR) is 80.2 cm³/mol. The topological polar surface area (TPSA) is 31.0 Å². The van der Waals surface area contributed by atoms with Gasteiger partial charge in [-0.2, -0.15) is 0 Å². The minimum absolute atomic E-state index is 0.232. The number of hydrogen-bond acceptors (Lipinski definition) is 3. The van der Waals surface area contributed by atoms with Gasteiger partial charge in [-0.05, 0) is 33.6 Å². The van der Waals surface area contributed by atoms with Crippen LogP contribution in [0.3, 0.4) is 0 Å². The van der Waals surface area contributed by atoms with Crippen LogP contribution in [0, 0.1) is 0 Å². The summed E-state index contributed by atoms with van der Waals surface area (Å²) >= 11 is 3.51. The number of ether oxygens (including phenoxy) is 3. The maximum atomic E-state index is 5.89. The Kier molecular flexibility index (Phi) is 4.23. The summed E-state index contributed by atoms with van der Waals surface area (Å²) in [5.74, 6) is 1.47. The standard InChI is InChI=1S/C16H15BrO3/c17-14-7-4-8-15(19-11-13-10-18-13)16(14)20-9-12-5-2-1-3-6-12/h1-8,13H,9-11H2/t13-/m1/s1. The lowest BCUT2D eigenvalue weighted by atomic mass is 10.2. The first-order valence-corrected chi connectivity index (χ1v) is 7.32. The van der Waals surface area contributed by atoms with Crippen LogP contribution in [0.25, 0.3) is 0 Å². The number of hydrogen-bond donors (Lipinski definition) is 0. The molecule has 1 atom stereocenters. The van der Waals surface area contributed by atoms with E-state index in [2.05, 4.69) is 15.9 Å². The Morgan fingerprint density at radius 3 is 2.60 bits per heavy atom. The van der Waals surface area contributed by atoms with Crippen molar-refractivity contribution in [2.45, 2.75) is 12.7 Å². The van der Waals surface area contributed by atoms with Crippen molar-refractivity contribution >= 4 is 15.9 Å². The van der Waals surface area contributed by atoms with Crippen LogP contribution in [-0.4, -0.2) is 19.3 Å². The van der Waals surface area contributed by atoms with E-state index in [1.165, 1.54) is 0 Å². The summed E-state index contributed by atoms with van der Waals surface area (Å²) in [6, 6.07) is 15.9. The highest BCUT2D eigenvalue weighted by Crippen LogP contribution is 2.36. The third-order valence-electron chi connectivity index (χ3n) is 2.98. The summed E-state index contributed by atoms with van der Waals surface area (Å²) in [5.41, 5.74) is 1.12. The van der Waals surface area contributed by atoms with Crippen LogP contribution >= 0.6 is 15.9 Å². The molecule has 1 heterocycles. The summed E-state index contributed by atoms with van der Waals surface area (Å²) in [4.78, 5) is 0. The monoisotopic (exact) mass is 334 g/mol. The van der Waals surface area contributed by atoms with Crippen LogP contribution < -0.4 is 9.47 Å². The second-order valence-corrected chi connectivity index (χ2v) is 5.46. The Hall–Kier alpha value is -1.52. The first-order chi connectivity index (χ1) is 9.83. The van der Waals surface area contributed by atoms with Gasteiger partial charge in [0.05, 0.1) is 11.1 Å². The van der Waals surface area contributed by atoms with Crippen molar-refractivity contribution in [1.29, 1.82) is 0 Å². The first-order valence-electron chi connectivity index (χ1n) is 6.52. The smallest absolute Gasteiger partial charge is 0.175 e. The van der Waals surface area contributed by atoms with Gasteiger partial charge in [-0.25, -0.2) is 0 Å². The summed E-state index contributed by atoms with van der Waals surface area (Å²) in [5, 5.41) is 0. The van der Waals surface area contributed by atoms with E-state index in [4.69, 9.17) is 14.2 Å². The number of rotatable bonds is 6. The van der Waals surface area contributed by atoms with Gasteiger partial charge in [0.2, 0.25) is 0 Å². The molecule has 0 spiro atoms. The van der Waals surface area contributed by atoms with Gasteiger partial charge in [0.25, 0.3) is 0 Å². The van der Waals surface area contributed by atoms with Crippen molar-refractivity contribution in [3.05, 3.63) is 58.6 Å². The minimum Gasteiger partial charge on any atom is -0.487 e. The van der Waals surface area contributed by atoms with Crippen LogP contribution in [0.1, 0.15) is 5.56 Å². The fraction of sp³-hybridized carbons (Fsp3) is 0.250. The van der Waals surface area contributed by atoms with E-state index in [1.54, 1.807) is 0 Å². The number of epoxide rings is 1. The van der Waals surface area contributed by atoms with Crippen LogP contribution in [0.5, 0.6) is 11.5 Å². The number of benzene rings is 2. The molecule has 2 aromatic carbocycles. The van der Waals surface area contributed by atoms with Gasteiger partial charge in [0.15, 0.2) is 11.5 Å². The molecule has 3 rings (SSSR count). The van der Waals surface area contributed by atoms with Gasteiger partial charge in [-0.1, -0.05) is 36.4 Å². The second kappa shape index (κ2) is 6.29. The van der Waals surface area contributed by atoms with Crippen molar-refractivity contribution in [2.24, 2.45) is 0 Å². The van der Waals surface area contributed by atoms with Crippen molar-refractivity contribution in [3.8, 4) is 11.5 Å². The van der Waals surface area contributed by atoms with E-state index >= 15 is 0 Å². The molecule has 0 amide bonds. The van der Waals surface area contributed by atoms with Gasteiger partial charge in [-0.3, -0.25) is 0 Å². The van der Waals surface area contributed by atoms with Crippen LogP contribution in [-0.2, 0) is 11.3 Å². The molecular formula is C16H15BrO3. The van der Waals surface area contributed by atoms with Crippen molar-refractivity contribution in [2.75, 3.05) is 13.2 Å². The highest BCUT2D eigenvalue weighted by Gasteiger charge is 2.24. The zero-order valence-electron chi connectivity index (χ0n) is 10.9. The molecule has 0 N–H and O–H groups in total. The van der Waals surface area contributed by atoms with E-state index in [9.17, 15) is 0 Å². The molecule has 0 radical (unpaired) electrons. The van der Waals surface area contributed by atoms with Gasteiger partial charge < -0.3 is 14.2 Å². The Morgan fingerprint density at radius 1 is 1.05 bits per heavy atom. The molecule has 20 heavy (non-hydrogen) atoms. The van der Waals surface area contributed by atoms with Crippen LogP contribution in [0.4, 0.5) is 0 Å². The lowest BCUT2D eigenvalue weighted by Crippen LogP contribution is -2.06. The molecule has 0 aliphatic carbocycles. The second-order valence-electron chi connectivity index (χ2n) is 4.61. The molecule has 0 bridgehead atoms. The van der Waals surface area contributed by atoms with Crippen LogP contribution in [0.2, 0.25) is 0 Å². The van der Waals surface area contributed by atoms with E-state index < -0.39 is 0 Å². The number of halogens is 1. The molecule has 4 heteroatoms. The zero-order valence-corrected chi connectivity index (χ0v) is 12.5. The SMILES string of the molecule is Brc1cccc(OC[C@H]2CO2)c1OCc1ccccc1. The molecular weight excluding hydrogens is 320 g/mol. The fourth-order valence-electron chi connectivity index (χ4n) is 1.82. The summed E-state index contributed by atoms with van der Waals surface area (Å²) < 4.78 is 17.7. The highest BCUT2D eigenvalue weighted by molar-refractivity contribution is 9.10. The van der Waals surface area contributed by atoms with Crippen LogP contribution in [0.15, 0.2) is 53.0 Å². The lowest BCUT2D eigenvalue weighted by Gasteiger charge is -2.13. The highest BCUT2D eigenvalue weighted by atomic mass is 79.9. The Labute approximate surface area is 126 Å². The quantitative estimate of drug-likeness (QED) is 0.753. The Bertz CT molecular complexity index is 567. The molecule has 1 aliphatic heterocycles.